The predicted octanol–water partition coefficient (Wildman–Crippen LogP) is 1.09. The minimum atomic E-state index is -3.41. The van der Waals surface area contributed by atoms with Crippen LogP contribution in [-0.2, 0) is 16.6 Å². The lowest BCUT2D eigenvalue weighted by Gasteiger charge is -2.32. The standard InChI is InChI=1S/C12H23N3O2S2/c1-12(2,15(4)5)9-14-19(16,17)11-6-10(7-13-3)8-18-11/h6,8,13-14H,7,9H2,1-5H3. The average molecular weight is 305 g/mol. The van der Waals surface area contributed by atoms with Gasteiger partial charge in [-0.1, -0.05) is 0 Å². The van der Waals surface area contributed by atoms with E-state index in [2.05, 4.69) is 10.0 Å². The predicted molar refractivity (Wildman–Crippen MR) is 80.0 cm³/mol. The quantitative estimate of drug-likeness (QED) is 0.791. The summed E-state index contributed by atoms with van der Waals surface area (Å²) < 4.78 is 27.4. The molecule has 2 N–H and O–H groups in total. The fourth-order valence-corrected chi connectivity index (χ4v) is 3.75. The Morgan fingerprint density at radius 2 is 2.00 bits per heavy atom. The number of nitrogens with zero attached hydrogens (tertiary/aromatic N) is 1. The van der Waals surface area contributed by atoms with E-state index in [1.807, 2.05) is 45.3 Å². The monoisotopic (exact) mass is 305 g/mol. The molecule has 5 nitrogen and oxygen atoms in total. The van der Waals surface area contributed by atoms with Crippen LogP contribution in [0.25, 0.3) is 0 Å². The van der Waals surface area contributed by atoms with E-state index in [1.54, 1.807) is 6.07 Å². The highest BCUT2D eigenvalue weighted by Gasteiger charge is 2.24. The fraction of sp³-hybridized carbons (Fsp3) is 0.667. The highest BCUT2D eigenvalue weighted by Crippen LogP contribution is 2.20. The molecule has 1 aromatic rings. The minimum absolute atomic E-state index is 0.224. The van der Waals surface area contributed by atoms with E-state index < -0.39 is 10.0 Å². The molecule has 19 heavy (non-hydrogen) atoms. The third kappa shape index (κ3) is 4.54. The number of hydrogen-bond donors (Lipinski definition) is 2. The van der Waals surface area contributed by atoms with Crippen molar-refractivity contribution in [3.05, 3.63) is 17.0 Å². The van der Waals surface area contributed by atoms with Crippen LogP contribution in [0.4, 0.5) is 0 Å². The van der Waals surface area contributed by atoms with Gasteiger partial charge in [-0.3, -0.25) is 0 Å². The normalized spacial score (nSPS) is 13.2. The number of likely N-dealkylation sites (N-methyl/N-ethyl adjacent to an activating group) is 1. The third-order valence-corrected chi connectivity index (χ3v) is 6.07. The molecule has 0 fully saturated rings. The maximum Gasteiger partial charge on any atom is 0.250 e. The second kappa shape index (κ2) is 6.32. The van der Waals surface area contributed by atoms with E-state index in [9.17, 15) is 8.42 Å². The molecule has 0 aliphatic rings. The first-order valence-corrected chi connectivity index (χ1v) is 8.44. The second-order valence-electron chi connectivity index (χ2n) is 5.34. The van der Waals surface area contributed by atoms with Crippen molar-refractivity contribution in [1.82, 2.24) is 14.9 Å². The summed E-state index contributed by atoms with van der Waals surface area (Å²) >= 11 is 1.25. The molecule has 1 rings (SSSR count). The molecule has 0 amide bonds. The molecule has 0 unspecified atom stereocenters. The second-order valence-corrected chi connectivity index (χ2v) is 8.24. The molecule has 110 valence electrons. The van der Waals surface area contributed by atoms with E-state index in [0.29, 0.717) is 17.3 Å². The van der Waals surface area contributed by atoms with Crippen LogP contribution >= 0.6 is 11.3 Å². The molecule has 0 aliphatic carbocycles. The zero-order valence-corrected chi connectivity index (χ0v) is 13.8. The first-order chi connectivity index (χ1) is 8.69. The lowest BCUT2D eigenvalue weighted by molar-refractivity contribution is 0.199. The Labute approximate surface area is 120 Å². The summed E-state index contributed by atoms with van der Waals surface area (Å²) in [4.78, 5) is 2.00. The molecular weight excluding hydrogens is 282 g/mol. The van der Waals surface area contributed by atoms with E-state index in [4.69, 9.17) is 0 Å². The highest BCUT2D eigenvalue weighted by molar-refractivity contribution is 7.91. The first kappa shape index (κ1) is 16.6. The van der Waals surface area contributed by atoms with Crippen LogP contribution in [0.3, 0.4) is 0 Å². The molecule has 1 aromatic heterocycles. The maximum atomic E-state index is 12.2. The third-order valence-electron chi connectivity index (χ3n) is 3.18. The summed E-state index contributed by atoms with van der Waals surface area (Å²) in [5, 5.41) is 4.87. The topological polar surface area (TPSA) is 61.4 Å². The van der Waals surface area contributed by atoms with Gasteiger partial charge in [0.15, 0.2) is 0 Å². The van der Waals surface area contributed by atoms with Gasteiger partial charge in [0.2, 0.25) is 10.0 Å². The zero-order chi connectivity index (χ0) is 14.7. The van der Waals surface area contributed by atoms with Crippen molar-refractivity contribution in [3.8, 4) is 0 Å². The van der Waals surface area contributed by atoms with Crippen molar-refractivity contribution in [2.45, 2.75) is 30.1 Å². The lowest BCUT2D eigenvalue weighted by atomic mass is 10.1. The van der Waals surface area contributed by atoms with E-state index in [0.717, 1.165) is 5.56 Å². The molecule has 0 radical (unpaired) electrons. The SMILES string of the molecule is CNCc1csc(S(=O)(=O)NCC(C)(C)N(C)C)c1. The Balaban J connectivity index is 2.75. The summed E-state index contributed by atoms with van der Waals surface area (Å²) in [6.07, 6.45) is 0. The van der Waals surface area contributed by atoms with Crippen LogP contribution < -0.4 is 10.0 Å². The maximum absolute atomic E-state index is 12.2. The summed E-state index contributed by atoms with van der Waals surface area (Å²) in [7, 11) is 2.30. The smallest absolute Gasteiger partial charge is 0.250 e. The van der Waals surface area contributed by atoms with Crippen molar-refractivity contribution >= 4 is 21.4 Å². The Morgan fingerprint density at radius 1 is 1.37 bits per heavy atom. The van der Waals surface area contributed by atoms with Gasteiger partial charge in [-0.05, 0) is 52.0 Å². The molecule has 0 bridgehead atoms. The van der Waals surface area contributed by atoms with Gasteiger partial charge in [-0.2, -0.15) is 0 Å². The van der Waals surface area contributed by atoms with E-state index in [1.165, 1.54) is 11.3 Å². The molecule has 0 spiro atoms. The molecule has 0 saturated heterocycles. The van der Waals surface area contributed by atoms with Gasteiger partial charge in [-0.25, -0.2) is 13.1 Å². The number of thiophene rings is 1. The fourth-order valence-electron chi connectivity index (χ4n) is 1.29. The summed E-state index contributed by atoms with van der Waals surface area (Å²) in [5.74, 6) is 0. The molecule has 7 heteroatoms. The van der Waals surface area contributed by atoms with Crippen molar-refractivity contribution in [3.63, 3.8) is 0 Å². The largest absolute Gasteiger partial charge is 0.316 e. The van der Waals surface area contributed by atoms with Crippen LogP contribution in [0, 0.1) is 0 Å². The molecule has 0 atom stereocenters. The Kier molecular flexibility index (Phi) is 5.52. The molecular formula is C12H23N3O2S2. The number of rotatable bonds is 7. The summed E-state index contributed by atoms with van der Waals surface area (Å²) in [5.41, 5.74) is 0.762. The molecule has 0 aromatic carbocycles. The van der Waals surface area contributed by atoms with Crippen LogP contribution in [-0.4, -0.2) is 46.5 Å². The van der Waals surface area contributed by atoms with E-state index in [-0.39, 0.29) is 5.54 Å². The van der Waals surface area contributed by atoms with Crippen molar-refractivity contribution in [2.24, 2.45) is 0 Å². The number of nitrogens with one attached hydrogen (secondary N) is 2. The van der Waals surface area contributed by atoms with Crippen molar-refractivity contribution in [1.29, 1.82) is 0 Å². The summed E-state index contributed by atoms with van der Waals surface area (Å²) in [6.45, 7) is 5.05. The Bertz CT molecular complexity index is 507. The van der Waals surface area contributed by atoms with Gasteiger partial charge in [-0.15, -0.1) is 11.3 Å². The van der Waals surface area contributed by atoms with Gasteiger partial charge in [0.05, 0.1) is 0 Å². The minimum Gasteiger partial charge on any atom is -0.316 e. The first-order valence-electron chi connectivity index (χ1n) is 6.08. The molecule has 1 heterocycles. The zero-order valence-electron chi connectivity index (χ0n) is 12.1. The van der Waals surface area contributed by atoms with Gasteiger partial charge in [0.1, 0.15) is 4.21 Å². The van der Waals surface area contributed by atoms with Gasteiger partial charge in [0, 0.05) is 18.6 Å². The number of sulfonamides is 1. The van der Waals surface area contributed by atoms with Gasteiger partial charge >= 0.3 is 0 Å². The Morgan fingerprint density at radius 3 is 2.53 bits per heavy atom. The highest BCUT2D eigenvalue weighted by atomic mass is 32.2. The van der Waals surface area contributed by atoms with Crippen LogP contribution in [0.15, 0.2) is 15.7 Å². The Hall–Kier alpha value is -0.470. The van der Waals surface area contributed by atoms with Gasteiger partial charge < -0.3 is 10.2 Å². The van der Waals surface area contributed by atoms with Crippen LogP contribution in [0.2, 0.25) is 0 Å². The van der Waals surface area contributed by atoms with Crippen molar-refractivity contribution in [2.75, 3.05) is 27.7 Å². The average Bonchev–Trinajstić information content (AvgIpc) is 2.76. The lowest BCUT2D eigenvalue weighted by Crippen LogP contribution is -2.48. The van der Waals surface area contributed by atoms with Crippen LogP contribution in [0.5, 0.6) is 0 Å². The summed E-state index contributed by atoms with van der Waals surface area (Å²) in [6, 6.07) is 1.71. The van der Waals surface area contributed by atoms with Gasteiger partial charge in [0.25, 0.3) is 0 Å². The van der Waals surface area contributed by atoms with Crippen molar-refractivity contribution < 1.29 is 8.42 Å². The number of hydrogen-bond acceptors (Lipinski definition) is 5. The molecule has 0 saturated carbocycles. The molecule has 0 aliphatic heterocycles. The van der Waals surface area contributed by atoms with E-state index >= 15 is 0 Å². The van der Waals surface area contributed by atoms with Crippen LogP contribution in [0.1, 0.15) is 19.4 Å².